The van der Waals surface area contributed by atoms with Crippen molar-refractivity contribution < 1.29 is 9.90 Å². The fraction of sp³-hybridized carbons (Fsp3) is 0.611. The molecule has 1 aliphatic carbocycles. The van der Waals surface area contributed by atoms with E-state index in [-0.39, 0.29) is 24.1 Å². The number of nitrogens with one attached hydrogen (secondary N) is 3. The highest BCUT2D eigenvalue weighted by atomic mass is 16.3. The Kier molecular flexibility index (Phi) is 5.51. The van der Waals surface area contributed by atoms with Crippen LogP contribution in [0.1, 0.15) is 37.2 Å². The third kappa shape index (κ3) is 4.45. The summed E-state index contributed by atoms with van der Waals surface area (Å²) in [5.41, 5.74) is 1.41. The van der Waals surface area contributed by atoms with Gasteiger partial charge < -0.3 is 21.1 Å². The molecule has 5 heteroatoms. The number of benzene rings is 1. The van der Waals surface area contributed by atoms with Gasteiger partial charge in [-0.2, -0.15) is 0 Å². The number of rotatable bonds is 4. The Labute approximate surface area is 137 Å². The maximum atomic E-state index is 12.0. The van der Waals surface area contributed by atoms with Crippen molar-refractivity contribution in [2.45, 2.75) is 43.7 Å². The lowest BCUT2D eigenvalue weighted by Crippen LogP contribution is -2.45. The summed E-state index contributed by atoms with van der Waals surface area (Å²) in [5.74, 6) is 0.742. The second-order valence-electron chi connectivity index (χ2n) is 6.80. The van der Waals surface area contributed by atoms with Crippen LogP contribution in [0.25, 0.3) is 0 Å². The van der Waals surface area contributed by atoms with Crippen LogP contribution >= 0.6 is 0 Å². The molecule has 1 aromatic rings. The summed E-state index contributed by atoms with van der Waals surface area (Å²) >= 11 is 0. The van der Waals surface area contributed by atoms with Gasteiger partial charge in [-0.1, -0.05) is 30.3 Å². The lowest BCUT2D eigenvalue weighted by atomic mass is 9.82. The number of urea groups is 1. The first-order valence-corrected chi connectivity index (χ1v) is 8.70. The first-order chi connectivity index (χ1) is 11.2. The Hall–Kier alpha value is -1.59. The SMILES string of the molecule is O=C(NC[C@H]1CNC[C@H]1O)NC1CCC(c2ccccc2)CC1. The van der Waals surface area contributed by atoms with Crippen LogP contribution in [0.15, 0.2) is 30.3 Å². The molecule has 0 unspecified atom stereocenters. The van der Waals surface area contributed by atoms with Crippen molar-refractivity contribution in [1.29, 1.82) is 0 Å². The molecule has 2 fully saturated rings. The molecular weight excluding hydrogens is 290 g/mol. The van der Waals surface area contributed by atoms with Gasteiger partial charge in [0.15, 0.2) is 0 Å². The van der Waals surface area contributed by atoms with Crippen molar-refractivity contribution in [2.24, 2.45) is 5.92 Å². The van der Waals surface area contributed by atoms with Crippen LogP contribution < -0.4 is 16.0 Å². The minimum Gasteiger partial charge on any atom is -0.391 e. The molecule has 2 aliphatic rings. The second kappa shape index (κ2) is 7.79. The fourth-order valence-corrected chi connectivity index (χ4v) is 3.68. The van der Waals surface area contributed by atoms with E-state index in [1.54, 1.807) is 0 Å². The third-order valence-corrected chi connectivity index (χ3v) is 5.16. The molecule has 1 saturated carbocycles. The van der Waals surface area contributed by atoms with E-state index in [2.05, 4.69) is 46.3 Å². The molecule has 126 valence electrons. The van der Waals surface area contributed by atoms with Crippen LogP contribution in [0, 0.1) is 5.92 Å². The highest BCUT2D eigenvalue weighted by molar-refractivity contribution is 5.74. The van der Waals surface area contributed by atoms with E-state index in [1.165, 1.54) is 5.56 Å². The number of aliphatic hydroxyl groups excluding tert-OH is 1. The van der Waals surface area contributed by atoms with Crippen LogP contribution in [0.2, 0.25) is 0 Å². The van der Waals surface area contributed by atoms with E-state index in [1.807, 2.05) is 0 Å². The molecule has 0 bridgehead atoms. The number of hydrogen-bond acceptors (Lipinski definition) is 3. The topological polar surface area (TPSA) is 73.4 Å². The molecule has 2 amide bonds. The van der Waals surface area contributed by atoms with E-state index >= 15 is 0 Å². The van der Waals surface area contributed by atoms with Gasteiger partial charge in [0.05, 0.1) is 6.10 Å². The van der Waals surface area contributed by atoms with Gasteiger partial charge >= 0.3 is 6.03 Å². The number of aliphatic hydroxyl groups is 1. The molecule has 23 heavy (non-hydrogen) atoms. The van der Waals surface area contributed by atoms with E-state index in [0.717, 1.165) is 32.2 Å². The number of β-amino-alcohol motifs (C(OH)–C–C–N with tert-alkyl or cyclic N) is 1. The number of hydrogen-bond donors (Lipinski definition) is 4. The van der Waals surface area contributed by atoms with Crippen molar-refractivity contribution >= 4 is 6.03 Å². The van der Waals surface area contributed by atoms with Crippen LogP contribution in [-0.2, 0) is 0 Å². The lowest BCUT2D eigenvalue weighted by Gasteiger charge is -2.29. The van der Waals surface area contributed by atoms with Crippen molar-refractivity contribution in [3.05, 3.63) is 35.9 Å². The maximum absolute atomic E-state index is 12.0. The Morgan fingerprint density at radius 3 is 2.52 bits per heavy atom. The van der Waals surface area contributed by atoms with Gasteiger partial charge in [-0.3, -0.25) is 0 Å². The minimum absolute atomic E-state index is 0.104. The Balaban J connectivity index is 1.37. The molecule has 5 nitrogen and oxygen atoms in total. The largest absolute Gasteiger partial charge is 0.391 e. The molecule has 1 aromatic carbocycles. The van der Waals surface area contributed by atoms with Crippen molar-refractivity contribution in [3.63, 3.8) is 0 Å². The zero-order valence-electron chi connectivity index (χ0n) is 13.5. The summed E-state index contributed by atoms with van der Waals surface area (Å²) in [7, 11) is 0. The zero-order valence-corrected chi connectivity index (χ0v) is 13.5. The highest BCUT2D eigenvalue weighted by Gasteiger charge is 2.26. The van der Waals surface area contributed by atoms with Gasteiger partial charge in [0.25, 0.3) is 0 Å². The highest BCUT2D eigenvalue weighted by Crippen LogP contribution is 2.32. The fourth-order valence-electron chi connectivity index (χ4n) is 3.68. The normalized spacial score (nSPS) is 30.8. The first kappa shape index (κ1) is 16.3. The molecule has 0 spiro atoms. The molecule has 1 saturated heterocycles. The van der Waals surface area contributed by atoms with Crippen molar-refractivity contribution in [1.82, 2.24) is 16.0 Å². The summed E-state index contributed by atoms with van der Waals surface area (Å²) < 4.78 is 0. The van der Waals surface area contributed by atoms with Crippen LogP contribution in [0.3, 0.4) is 0 Å². The Morgan fingerprint density at radius 2 is 1.87 bits per heavy atom. The zero-order chi connectivity index (χ0) is 16.1. The first-order valence-electron chi connectivity index (χ1n) is 8.70. The number of carbonyl (C=O) groups is 1. The van der Waals surface area contributed by atoms with Crippen molar-refractivity contribution in [2.75, 3.05) is 19.6 Å². The van der Waals surface area contributed by atoms with Crippen LogP contribution in [-0.4, -0.2) is 42.9 Å². The molecule has 0 radical (unpaired) electrons. The predicted octanol–water partition coefficient (Wildman–Crippen LogP) is 1.59. The lowest BCUT2D eigenvalue weighted by molar-refractivity contribution is 0.146. The number of carbonyl (C=O) groups excluding carboxylic acids is 1. The Bertz CT molecular complexity index is 500. The van der Waals surface area contributed by atoms with Gasteiger partial charge in [0.1, 0.15) is 0 Å². The van der Waals surface area contributed by atoms with E-state index in [9.17, 15) is 9.90 Å². The molecule has 3 rings (SSSR count). The average Bonchev–Trinajstić information content (AvgIpc) is 3.00. The molecule has 1 heterocycles. The van der Waals surface area contributed by atoms with Gasteiger partial charge in [0.2, 0.25) is 0 Å². The molecule has 0 aromatic heterocycles. The smallest absolute Gasteiger partial charge is 0.315 e. The molecule has 4 N–H and O–H groups in total. The minimum atomic E-state index is -0.350. The summed E-state index contributed by atoms with van der Waals surface area (Å²) in [5, 5.41) is 18.8. The molecule has 1 aliphatic heterocycles. The van der Waals surface area contributed by atoms with Gasteiger partial charge in [-0.15, -0.1) is 0 Å². The van der Waals surface area contributed by atoms with Gasteiger partial charge in [-0.25, -0.2) is 4.79 Å². The summed E-state index contributed by atoms with van der Waals surface area (Å²) in [6, 6.07) is 10.8. The van der Waals surface area contributed by atoms with E-state index < -0.39 is 0 Å². The van der Waals surface area contributed by atoms with E-state index in [0.29, 0.717) is 19.0 Å². The molecule has 2 atom stereocenters. The average molecular weight is 317 g/mol. The van der Waals surface area contributed by atoms with Gasteiger partial charge in [0, 0.05) is 31.6 Å². The van der Waals surface area contributed by atoms with E-state index in [4.69, 9.17) is 0 Å². The standard InChI is InChI=1S/C18H27N3O2/c22-17-12-19-10-15(17)11-20-18(23)21-16-8-6-14(7-9-16)13-4-2-1-3-5-13/h1-5,14-17,19,22H,6-12H2,(H2,20,21,23)/t14?,15-,16?,17-/m1/s1. The summed E-state index contributed by atoms with van der Waals surface area (Å²) in [4.78, 5) is 12.0. The summed E-state index contributed by atoms with van der Waals surface area (Å²) in [6.07, 6.45) is 3.96. The van der Waals surface area contributed by atoms with Gasteiger partial charge in [-0.05, 0) is 37.2 Å². The predicted molar refractivity (Wildman–Crippen MR) is 90.3 cm³/mol. The summed E-state index contributed by atoms with van der Waals surface area (Å²) in [6.45, 7) is 1.92. The second-order valence-corrected chi connectivity index (χ2v) is 6.80. The van der Waals surface area contributed by atoms with Crippen LogP contribution in [0.5, 0.6) is 0 Å². The number of amides is 2. The monoisotopic (exact) mass is 317 g/mol. The maximum Gasteiger partial charge on any atom is 0.315 e. The van der Waals surface area contributed by atoms with Crippen molar-refractivity contribution in [3.8, 4) is 0 Å². The van der Waals surface area contributed by atoms with Crippen LogP contribution in [0.4, 0.5) is 4.79 Å². The molecular formula is C18H27N3O2. The third-order valence-electron chi connectivity index (χ3n) is 5.16. The quantitative estimate of drug-likeness (QED) is 0.681. The Morgan fingerprint density at radius 1 is 1.13 bits per heavy atom.